The molecule has 0 bridgehead atoms. The highest BCUT2D eigenvalue weighted by Gasteiger charge is 2.14. The van der Waals surface area contributed by atoms with Gasteiger partial charge in [0, 0.05) is 29.5 Å². The standard InChI is InChI=1S/C19H14Cl2N4O2/c20-12-3-6-14(15(21)9-12)17-10-19(27)25(24-17)13-4-1-11(2-5-13)16-7-8-18(26)23-22-16/h1-6,9-10,24H,7-8H2,(H,23,26). The van der Waals surface area contributed by atoms with Crippen molar-refractivity contribution < 1.29 is 4.79 Å². The van der Waals surface area contributed by atoms with E-state index in [4.69, 9.17) is 23.2 Å². The molecule has 0 radical (unpaired) electrons. The molecule has 1 aliphatic rings. The summed E-state index contributed by atoms with van der Waals surface area (Å²) in [6.07, 6.45) is 1.01. The van der Waals surface area contributed by atoms with Gasteiger partial charge in [0.15, 0.2) is 0 Å². The topological polar surface area (TPSA) is 79.2 Å². The smallest absolute Gasteiger partial charge is 0.271 e. The molecule has 0 saturated carbocycles. The van der Waals surface area contributed by atoms with Crippen LogP contribution in [-0.4, -0.2) is 21.4 Å². The minimum Gasteiger partial charge on any atom is -0.290 e. The molecule has 0 spiro atoms. The van der Waals surface area contributed by atoms with Crippen LogP contribution in [-0.2, 0) is 4.79 Å². The van der Waals surface area contributed by atoms with Crippen LogP contribution in [0.25, 0.3) is 16.9 Å². The molecule has 3 aromatic rings. The first kappa shape index (κ1) is 17.6. The number of aromatic amines is 1. The van der Waals surface area contributed by atoms with Crippen molar-refractivity contribution in [2.24, 2.45) is 5.10 Å². The molecule has 0 saturated heterocycles. The Morgan fingerprint density at radius 1 is 0.963 bits per heavy atom. The second-order valence-corrected chi connectivity index (χ2v) is 6.95. The Morgan fingerprint density at radius 3 is 2.41 bits per heavy atom. The van der Waals surface area contributed by atoms with Gasteiger partial charge in [-0.15, -0.1) is 0 Å². The maximum absolute atomic E-state index is 12.4. The van der Waals surface area contributed by atoms with E-state index in [2.05, 4.69) is 15.6 Å². The highest BCUT2D eigenvalue weighted by atomic mass is 35.5. The first-order chi connectivity index (χ1) is 13.0. The molecule has 0 unspecified atom stereocenters. The third-order valence-electron chi connectivity index (χ3n) is 4.30. The Kier molecular flexibility index (Phi) is 4.59. The van der Waals surface area contributed by atoms with Gasteiger partial charge in [-0.1, -0.05) is 35.3 Å². The van der Waals surface area contributed by atoms with Gasteiger partial charge in [-0.2, -0.15) is 5.10 Å². The Morgan fingerprint density at radius 2 is 1.74 bits per heavy atom. The van der Waals surface area contributed by atoms with E-state index in [-0.39, 0.29) is 11.5 Å². The van der Waals surface area contributed by atoms with E-state index < -0.39 is 0 Å². The predicted octanol–water partition coefficient (Wildman–Crippen LogP) is 3.75. The lowest BCUT2D eigenvalue weighted by Crippen LogP contribution is -2.25. The van der Waals surface area contributed by atoms with Crippen LogP contribution in [0, 0.1) is 0 Å². The zero-order valence-electron chi connectivity index (χ0n) is 14.0. The van der Waals surface area contributed by atoms with Crippen molar-refractivity contribution in [3.8, 4) is 16.9 Å². The van der Waals surface area contributed by atoms with Crippen LogP contribution >= 0.6 is 23.2 Å². The molecule has 27 heavy (non-hydrogen) atoms. The van der Waals surface area contributed by atoms with Crippen LogP contribution in [0.4, 0.5) is 0 Å². The summed E-state index contributed by atoms with van der Waals surface area (Å²) in [5.74, 6) is -0.0818. The third-order valence-corrected chi connectivity index (χ3v) is 4.85. The van der Waals surface area contributed by atoms with Gasteiger partial charge >= 0.3 is 0 Å². The number of nitrogens with one attached hydrogen (secondary N) is 2. The summed E-state index contributed by atoms with van der Waals surface area (Å²) in [6, 6.07) is 14.0. The minimum absolute atomic E-state index is 0.0818. The fraction of sp³-hybridized carbons (Fsp3) is 0.105. The Balaban J connectivity index is 1.65. The fourth-order valence-corrected chi connectivity index (χ4v) is 3.43. The lowest BCUT2D eigenvalue weighted by atomic mass is 10.0. The summed E-state index contributed by atoms with van der Waals surface area (Å²) in [5, 5.41) is 8.14. The number of hydrazone groups is 1. The first-order valence-electron chi connectivity index (χ1n) is 8.25. The van der Waals surface area contributed by atoms with E-state index in [1.165, 1.54) is 10.7 Å². The van der Waals surface area contributed by atoms with Gasteiger partial charge in [-0.05, 0) is 35.9 Å². The molecule has 2 N–H and O–H groups in total. The van der Waals surface area contributed by atoms with Gasteiger partial charge < -0.3 is 0 Å². The maximum atomic E-state index is 12.4. The zero-order valence-corrected chi connectivity index (χ0v) is 15.5. The summed E-state index contributed by atoms with van der Waals surface area (Å²) in [6.45, 7) is 0. The third kappa shape index (κ3) is 3.54. The number of benzene rings is 2. The van der Waals surface area contributed by atoms with Crippen molar-refractivity contribution in [1.82, 2.24) is 15.2 Å². The highest BCUT2D eigenvalue weighted by Crippen LogP contribution is 2.28. The van der Waals surface area contributed by atoms with Crippen molar-refractivity contribution in [1.29, 1.82) is 0 Å². The minimum atomic E-state index is -0.203. The number of amides is 1. The summed E-state index contributed by atoms with van der Waals surface area (Å²) >= 11 is 12.2. The fourth-order valence-electron chi connectivity index (χ4n) is 2.92. The van der Waals surface area contributed by atoms with Crippen LogP contribution in [0.5, 0.6) is 0 Å². The van der Waals surface area contributed by atoms with E-state index in [0.717, 1.165) is 11.3 Å². The van der Waals surface area contributed by atoms with Crippen LogP contribution in [0.15, 0.2) is 58.4 Å². The van der Waals surface area contributed by atoms with Crippen LogP contribution in [0.3, 0.4) is 0 Å². The van der Waals surface area contributed by atoms with E-state index >= 15 is 0 Å². The van der Waals surface area contributed by atoms with Gasteiger partial charge in [0.2, 0.25) is 5.91 Å². The average Bonchev–Trinajstić information content (AvgIpc) is 3.04. The van der Waals surface area contributed by atoms with E-state index in [1.54, 1.807) is 18.2 Å². The average molecular weight is 401 g/mol. The lowest BCUT2D eigenvalue weighted by Gasteiger charge is -2.12. The monoisotopic (exact) mass is 400 g/mol. The largest absolute Gasteiger partial charge is 0.290 e. The van der Waals surface area contributed by atoms with E-state index in [1.807, 2.05) is 24.3 Å². The van der Waals surface area contributed by atoms with E-state index in [0.29, 0.717) is 39.8 Å². The maximum Gasteiger partial charge on any atom is 0.271 e. The second-order valence-electron chi connectivity index (χ2n) is 6.11. The summed E-state index contributed by atoms with van der Waals surface area (Å²) in [7, 11) is 0. The van der Waals surface area contributed by atoms with Gasteiger partial charge in [0.05, 0.1) is 22.1 Å². The molecule has 2 aromatic carbocycles. The molecule has 1 amide bonds. The number of H-pyrrole nitrogens is 1. The lowest BCUT2D eigenvalue weighted by molar-refractivity contribution is -0.121. The second kappa shape index (κ2) is 7.06. The molecular weight excluding hydrogens is 387 g/mol. The molecule has 0 aliphatic carbocycles. The number of carbonyl (C=O) groups excluding carboxylic acids is 1. The molecule has 0 atom stereocenters. The Bertz CT molecular complexity index is 1110. The predicted molar refractivity (Wildman–Crippen MR) is 106 cm³/mol. The van der Waals surface area contributed by atoms with Crippen LogP contribution in [0.1, 0.15) is 18.4 Å². The highest BCUT2D eigenvalue weighted by molar-refractivity contribution is 6.36. The summed E-state index contributed by atoms with van der Waals surface area (Å²) < 4.78 is 1.44. The van der Waals surface area contributed by atoms with Crippen molar-refractivity contribution in [2.75, 3.05) is 0 Å². The van der Waals surface area contributed by atoms with Gasteiger partial charge in [0.25, 0.3) is 5.56 Å². The molecule has 2 heterocycles. The normalized spacial score (nSPS) is 14.0. The number of hydrogen-bond acceptors (Lipinski definition) is 3. The molecule has 136 valence electrons. The number of hydrogen-bond donors (Lipinski definition) is 2. The number of rotatable bonds is 3. The molecule has 4 rings (SSSR count). The molecule has 1 aliphatic heterocycles. The molecule has 6 nitrogen and oxygen atoms in total. The number of nitrogens with zero attached hydrogens (tertiary/aromatic N) is 2. The van der Waals surface area contributed by atoms with Crippen molar-refractivity contribution in [3.05, 3.63) is 74.5 Å². The summed E-state index contributed by atoms with van der Waals surface area (Å²) in [4.78, 5) is 23.6. The van der Waals surface area contributed by atoms with Crippen molar-refractivity contribution >= 4 is 34.8 Å². The summed E-state index contributed by atoms with van der Waals surface area (Å²) in [5.41, 5.74) is 5.97. The zero-order chi connectivity index (χ0) is 19.0. The van der Waals surface area contributed by atoms with Gasteiger partial charge in [-0.3, -0.25) is 14.7 Å². The van der Waals surface area contributed by atoms with Crippen molar-refractivity contribution in [3.63, 3.8) is 0 Å². The quantitative estimate of drug-likeness (QED) is 0.701. The van der Waals surface area contributed by atoms with Crippen molar-refractivity contribution in [2.45, 2.75) is 12.8 Å². The van der Waals surface area contributed by atoms with E-state index in [9.17, 15) is 9.59 Å². The molecular formula is C19H14Cl2N4O2. The molecule has 0 fully saturated rings. The number of halogens is 2. The van der Waals surface area contributed by atoms with Gasteiger partial charge in [0.1, 0.15) is 0 Å². The van der Waals surface area contributed by atoms with Crippen LogP contribution in [0.2, 0.25) is 10.0 Å². The Hall–Kier alpha value is -2.83. The first-order valence-corrected chi connectivity index (χ1v) is 9.00. The number of carbonyl (C=O) groups is 1. The molecule has 1 aromatic heterocycles. The van der Waals surface area contributed by atoms with Gasteiger partial charge in [-0.25, -0.2) is 10.1 Å². The number of aromatic nitrogens is 2. The van der Waals surface area contributed by atoms with Crippen LogP contribution < -0.4 is 11.0 Å². The SMILES string of the molecule is O=C1CCC(c2ccc(-n3[nH]c(-c4ccc(Cl)cc4Cl)cc3=O)cc2)=NN1. The molecule has 8 heteroatoms. The Labute approximate surface area is 164 Å².